The van der Waals surface area contributed by atoms with Crippen LogP contribution in [0.2, 0.25) is 0 Å². The molecule has 90 valence electrons. The second-order valence-electron chi connectivity index (χ2n) is 5.01. The van der Waals surface area contributed by atoms with E-state index in [1.54, 1.807) is 0 Å². The molecule has 0 saturated heterocycles. The van der Waals surface area contributed by atoms with Crippen LogP contribution in [0.3, 0.4) is 0 Å². The summed E-state index contributed by atoms with van der Waals surface area (Å²) in [7, 11) is 0. The molecule has 3 N–H and O–H groups in total. The SMILES string of the molecule is Cc1cccc2cc(C(O)(CN)C3CC3)oc12. The van der Waals surface area contributed by atoms with Gasteiger partial charge in [0.25, 0.3) is 0 Å². The first kappa shape index (κ1) is 10.8. The summed E-state index contributed by atoms with van der Waals surface area (Å²) >= 11 is 0. The van der Waals surface area contributed by atoms with Crippen LogP contribution in [0.5, 0.6) is 0 Å². The Morgan fingerprint density at radius 3 is 2.82 bits per heavy atom. The molecule has 1 heterocycles. The van der Waals surface area contributed by atoms with Gasteiger partial charge >= 0.3 is 0 Å². The lowest BCUT2D eigenvalue weighted by atomic mass is 9.94. The van der Waals surface area contributed by atoms with E-state index >= 15 is 0 Å². The third kappa shape index (κ3) is 1.58. The number of fused-ring (bicyclic) bond motifs is 1. The second kappa shape index (κ2) is 3.59. The van der Waals surface area contributed by atoms with Gasteiger partial charge in [-0.1, -0.05) is 18.2 Å². The Hall–Kier alpha value is -1.32. The minimum absolute atomic E-state index is 0.219. The lowest BCUT2D eigenvalue weighted by Gasteiger charge is -2.23. The lowest BCUT2D eigenvalue weighted by molar-refractivity contribution is 0.00252. The van der Waals surface area contributed by atoms with Gasteiger partial charge in [-0.2, -0.15) is 0 Å². The highest BCUT2D eigenvalue weighted by atomic mass is 16.4. The zero-order chi connectivity index (χ0) is 12.0. The summed E-state index contributed by atoms with van der Waals surface area (Å²) in [6, 6.07) is 7.93. The van der Waals surface area contributed by atoms with Gasteiger partial charge in [-0.3, -0.25) is 0 Å². The van der Waals surface area contributed by atoms with Crippen molar-refractivity contribution in [3.05, 3.63) is 35.6 Å². The van der Waals surface area contributed by atoms with Crippen molar-refractivity contribution in [2.45, 2.75) is 25.4 Å². The molecule has 0 bridgehead atoms. The molecular formula is C14H17NO2. The van der Waals surface area contributed by atoms with E-state index in [1.807, 2.05) is 31.2 Å². The van der Waals surface area contributed by atoms with Crippen LogP contribution >= 0.6 is 0 Å². The number of nitrogens with two attached hydrogens (primary N) is 1. The van der Waals surface area contributed by atoms with Gasteiger partial charge in [-0.15, -0.1) is 0 Å². The van der Waals surface area contributed by atoms with Gasteiger partial charge in [-0.05, 0) is 37.3 Å². The van der Waals surface area contributed by atoms with Crippen molar-refractivity contribution in [2.24, 2.45) is 11.7 Å². The summed E-state index contributed by atoms with van der Waals surface area (Å²) < 4.78 is 5.83. The van der Waals surface area contributed by atoms with Crippen molar-refractivity contribution >= 4 is 11.0 Å². The summed E-state index contributed by atoms with van der Waals surface area (Å²) in [6.07, 6.45) is 2.06. The Labute approximate surface area is 100 Å². The van der Waals surface area contributed by atoms with Gasteiger partial charge in [0.15, 0.2) is 0 Å². The maximum atomic E-state index is 10.6. The third-order valence-corrected chi connectivity index (χ3v) is 3.73. The van der Waals surface area contributed by atoms with Crippen LogP contribution in [0.25, 0.3) is 11.0 Å². The highest BCUT2D eigenvalue weighted by Crippen LogP contribution is 2.46. The number of aryl methyl sites for hydroxylation is 1. The van der Waals surface area contributed by atoms with Crippen LogP contribution in [-0.2, 0) is 5.60 Å². The fraction of sp³-hybridized carbons (Fsp3) is 0.429. The summed E-state index contributed by atoms with van der Waals surface area (Å²) in [6.45, 7) is 2.23. The maximum Gasteiger partial charge on any atom is 0.138 e. The molecule has 2 aromatic rings. The Bertz CT molecular complexity index is 556. The van der Waals surface area contributed by atoms with E-state index in [0.29, 0.717) is 5.76 Å². The normalized spacial score (nSPS) is 19.5. The molecule has 0 aliphatic heterocycles. The zero-order valence-electron chi connectivity index (χ0n) is 9.94. The zero-order valence-corrected chi connectivity index (χ0v) is 9.94. The molecule has 1 aromatic heterocycles. The monoisotopic (exact) mass is 231 g/mol. The first-order valence-electron chi connectivity index (χ1n) is 6.07. The summed E-state index contributed by atoms with van der Waals surface area (Å²) in [5.74, 6) is 0.875. The second-order valence-corrected chi connectivity index (χ2v) is 5.01. The van der Waals surface area contributed by atoms with Gasteiger partial charge in [0, 0.05) is 11.9 Å². The van der Waals surface area contributed by atoms with E-state index in [0.717, 1.165) is 29.4 Å². The Morgan fingerprint density at radius 1 is 1.47 bits per heavy atom. The van der Waals surface area contributed by atoms with Gasteiger partial charge in [0.1, 0.15) is 16.9 Å². The highest BCUT2D eigenvalue weighted by molar-refractivity contribution is 5.81. The standard InChI is InChI=1S/C14H17NO2/c1-9-3-2-4-10-7-12(17-13(9)10)14(16,8-15)11-5-6-11/h2-4,7,11,16H,5-6,8,15H2,1H3. The fourth-order valence-electron chi connectivity index (χ4n) is 2.45. The summed E-state index contributed by atoms with van der Waals surface area (Å²) in [4.78, 5) is 0. The molecule has 3 heteroatoms. The van der Waals surface area contributed by atoms with Gasteiger partial charge < -0.3 is 15.3 Å². The topological polar surface area (TPSA) is 59.4 Å². The van der Waals surface area contributed by atoms with Crippen LogP contribution < -0.4 is 5.73 Å². The predicted molar refractivity (Wildman–Crippen MR) is 66.6 cm³/mol. The van der Waals surface area contributed by atoms with E-state index in [-0.39, 0.29) is 12.5 Å². The number of hydrogen-bond acceptors (Lipinski definition) is 3. The molecule has 1 saturated carbocycles. The molecule has 0 amide bonds. The van der Waals surface area contributed by atoms with Crippen molar-refractivity contribution in [3.63, 3.8) is 0 Å². The molecule has 1 aliphatic carbocycles. The number of para-hydroxylation sites is 1. The van der Waals surface area contributed by atoms with Gasteiger partial charge in [0.2, 0.25) is 0 Å². The van der Waals surface area contributed by atoms with Crippen molar-refractivity contribution < 1.29 is 9.52 Å². The molecule has 1 atom stereocenters. The van der Waals surface area contributed by atoms with Crippen molar-refractivity contribution in [2.75, 3.05) is 6.54 Å². The smallest absolute Gasteiger partial charge is 0.138 e. The first-order valence-corrected chi connectivity index (χ1v) is 6.07. The number of rotatable bonds is 3. The average Bonchev–Trinajstić information content (AvgIpc) is 3.08. The van der Waals surface area contributed by atoms with Crippen LogP contribution in [0, 0.1) is 12.8 Å². The molecule has 1 unspecified atom stereocenters. The van der Waals surface area contributed by atoms with Crippen molar-refractivity contribution in [3.8, 4) is 0 Å². The molecule has 3 rings (SSSR count). The number of hydrogen-bond donors (Lipinski definition) is 2. The van der Waals surface area contributed by atoms with Gasteiger partial charge in [0.05, 0.1) is 0 Å². The van der Waals surface area contributed by atoms with Crippen LogP contribution in [0.1, 0.15) is 24.2 Å². The molecule has 0 spiro atoms. The van der Waals surface area contributed by atoms with E-state index in [4.69, 9.17) is 10.2 Å². The molecule has 3 nitrogen and oxygen atoms in total. The number of aliphatic hydroxyl groups is 1. The quantitative estimate of drug-likeness (QED) is 0.852. The van der Waals surface area contributed by atoms with Gasteiger partial charge in [-0.25, -0.2) is 0 Å². The maximum absolute atomic E-state index is 10.6. The summed E-state index contributed by atoms with van der Waals surface area (Å²) in [5.41, 5.74) is 6.69. The molecule has 1 aromatic carbocycles. The van der Waals surface area contributed by atoms with Crippen molar-refractivity contribution in [1.29, 1.82) is 0 Å². The Morgan fingerprint density at radius 2 is 2.24 bits per heavy atom. The van der Waals surface area contributed by atoms with E-state index in [2.05, 4.69) is 0 Å². The summed E-state index contributed by atoms with van der Waals surface area (Å²) in [5, 5.41) is 11.6. The molecule has 1 aliphatic rings. The van der Waals surface area contributed by atoms with E-state index in [1.165, 1.54) is 0 Å². The van der Waals surface area contributed by atoms with Crippen LogP contribution in [0.15, 0.2) is 28.7 Å². The van der Waals surface area contributed by atoms with Crippen molar-refractivity contribution in [1.82, 2.24) is 0 Å². The lowest BCUT2D eigenvalue weighted by Crippen LogP contribution is -2.36. The third-order valence-electron chi connectivity index (χ3n) is 3.73. The van der Waals surface area contributed by atoms with Crippen LogP contribution in [0.4, 0.5) is 0 Å². The minimum atomic E-state index is -0.981. The molecule has 1 fully saturated rings. The van der Waals surface area contributed by atoms with E-state index in [9.17, 15) is 5.11 Å². The minimum Gasteiger partial charge on any atom is -0.458 e. The number of benzene rings is 1. The fourth-order valence-corrected chi connectivity index (χ4v) is 2.45. The Balaban J connectivity index is 2.14. The highest BCUT2D eigenvalue weighted by Gasteiger charge is 2.46. The molecular weight excluding hydrogens is 214 g/mol. The molecule has 17 heavy (non-hydrogen) atoms. The Kier molecular flexibility index (Phi) is 2.28. The predicted octanol–water partition coefficient (Wildman–Crippen LogP) is 2.30. The number of furan rings is 1. The molecule has 0 radical (unpaired) electrons. The van der Waals surface area contributed by atoms with Crippen LogP contribution in [-0.4, -0.2) is 11.7 Å². The average molecular weight is 231 g/mol. The first-order chi connectivity index (χ1) is 8.15. The van der Waals surface area contributed by atoms with E-state index < -0.39 is 5.60 Å². The largest absolute Gasteiger partial charge is 0.458 e.